The monoisotopic (exact) mass is 430 g/mol. The van der Waals surface area contributed by atoms with E-state index in [0.717, 1.165) is 15.9 Å². The first-order valence-corrected chi connectivity index (χ1v) is 9.41. The summed E-state index contributed by atoms with van der Waals surface area (Å²) in [6.07, 6.45) is 1.61. The number of Topliss-reactive ketones (excluding diaryl/α,β-unsaturated/α-hetero) is 1. The molecule has 0 bridgehead atoms. The van der Waals surface area contributed by atoms with Crippen LogP contribution in [0.4, 0.5) is 4.39 Å². The maximum absolute atomic E-state index is 14.0. The van der Waals surface area contributed by atoms with Gasteiger partial charge in [-0.2, -0.15) is 0 Å². The highest BCUT2D eigenvalue weighted by Gasteiger charge is 2.23. The third-order valence-electron chi connectivity index (χ3n) is 4.82. The number of hydrogen-bond donors (Lipinski definition) is 0. The van der Waals surface area contributed by atoms with Crippen molar-refractivity contribution in [1.82, 2.24) is 9.13 Å². The molecule has 0 spiro atoms. The van der Waals surface area contributed by atoms with Crippen LogP contribution in [0, 0.1) is 19.7 Å². The van der Waals surface area contributed by atoms with Crippen molar-refractivity contribution < 1.29 is 9.18 Å². The summed E-state index contributed by atoms with van der Waals surface area (Å²) < 4.78 is 18.1. The van der Waals surface area contributed by atoms with Gasteiger partial charge in [0.1, 0.15) is 5.82 Å². The normalized spacial score (nSPS) is 12.2. The van der Waals surface area contributed by atoms with Crippen LogP contribution in [0.3, 0.4) is 0 Å². The number of aromatic nitrogens is 2. The minimum Gasteiger partial charge on any atom is -0.344 e. The van der Waals surface area contributed by atoms with E-state index in [9.17, 15) is 14.0 Å². The smallest absolute Gasteiger partial charge is 0.251 e. The first-order valence-electron chi connectivity index (χ1n) is 8.61. The standard InChI is InChI=1S/C21H20BrFN2O2/c1-13-10-18(14(2)24(13)11-16-6-4-5-7-19(16)23)21(27)15(3)25-12-17(22)8-9-20(25)26/h4-10,12,15H,11H2,1-3H3. The molecule has 0 saturated carbocycles. The molecule has 3 rings (SSSR count). The van der Waals surface area contributed by atoms with Crippen molar-refractivity contribution in [2.24, 2.45) is 0 Å². The number of hydrogen-bond acceptors (Lipinski definition) is 2. The van der Waals surface area contributed by atoms with E-state index < -0.39 is 6.04 Å². The summed E-state index contributed by atoms with van der Waals surface area (Å²) in [6, 6.07) is 10.8. The predicted molar refractivity (Wildman–Crippen MR) is 107 cm³/mol. The van der Waals surface area contributed by atoms with Crippen molar-refractivity contribution in [1.29, 1.82) is 0 Å². The quantitative estimate of drug-likeness (QED) is 0.552. The van der Waals surface area contributed by atoms with Crippen LogP contribution in [-0.2, 0) is 6.54 Å². The highest BCUT2D eigenvalue weighted by Crippen LogP contribution is 2.23. The fourth-order valence-electron chi connectivity index (χ4n) is 3.22. The highest BCUT2D eigenvalue weighted by atomic mass is 79.9. The van der Waals surface area contributed by atoms with E-state index >= 15 is 0 Å². The molecule has 0 aliphatic heterocycles. The Morgan fingerprint density at radius 3 is 2.59 bits per heavy atom. The molecule has 27 heavy (non-hydrogen) atoms. The Bertz CT molecular complexity index is 1070. The summed E-state index contributed by atoms with van der Waals surface area (Å²) in [4.78, 5) is 25.2. The van der Waals surface area contributed by atoms with E-state index in [1.807, 2.05) is 18.4 Å². The lowest BCUT2D eigenvalue weighted by atomic mass is 10.1. The van der Waals surface area contributed by atoms with Gasteiger partial charge in [-0.15, -0.1) is 0 Å². The maximum Gasteiger partial charge on any atom is 0.251 e. The zero-order chi connectivity index (χ0) is 19.7. The van der Waals surface area contributed by atoms with Crippen molar-refractivity contribution in [3.05, 3.63) is 91.8 Å². The molecule has 140 valence electrons. The number of aryl methyl sites for hydroxylation is 1. The van der Waals surface area contributed by atoms with E-state index in [2.05, 4.69) is 15.9 Å². The molecule has 0 aliphatic rings. The van der Waals surface area contributed by atoms with Gasteiger partial charge in [-0.3, -0.25) is 9.59 Å². The van der Waals surface area contributed by atoms with E-state index in [4.69, 9.17) is 0 Å². The van der Waals surface area contributed by atoms with Gasteiger partial charge in [-0.1, -0.05) is 18.2 Å². The van der Waals surface area contributed by atoms with Gasteiger partial charge in [0, 0.05) is 39.3 Å². The topological polar surface area (TPSA) is 44.0 Å². The van der Waals surface area contributed by atoms with Gasteiger partial charge in [0.05, 0.1) is 12.6 Å². The van der Waals surface area contributed by atoms with E-state index in [1.165, 1.54) is 16.7 Å². The second-order valence-corrected chi connectivity index (χ2v) is 7.51. The molecular weight excluding hydrogens is 411 g/mol. The van der Waals surface area contributed by atoms with Gasteiger partial charge in [-0.25, -0.2) is 4.39 Å². The largest absolute Gasteiger partial charge is 0.344 e. The average molecular weight is 431 g/mol. The second-order valence-electron chi connectivity index (χ2n) is 6.60. The second kappa shape index (κ2) is 7.64. The lowest BCUT2D eigenvalue weighted by molar-refractivity contribution is 0.0932. The molecule has 0 fully saturated rings. The average Bonchev–Trinajstić information content (AvgIpc) is 2.92. The summed E-state index contributed by atoms with van der Waals surface area (Å²) >= 11 is 3.33. The van der Waals surface area contributed by atoms with Gasteiger partial charge < -0.3 is 9.13 Å². The maximum atomic E-state index is 14.0. The van der Waals surface area contributed by atoms with Gasteiger partial charge >= 0.3 is 0 Å². The minimum absolute atomic E-state index is 0.150. The fraction of sp³-hybridized carbons (Fsp3) is 0.238. The molecule has 0 radical (unpaired) electrons. The predicted octanol–water partition coefficient (Wildman–Crippen LogP) is 4.66. The first-order chi connectivity index (χ1) is 12.8. The molecular formula is C21H20BrFN2O2. The Kier molecular flexibility index (Phi) is 5.46. The summed E-state index contributed by atoms with van der Waals surface area (Å²) in [5, 5.41) is 0. The van der Waals surface area contributed by atoms with Gasteiger partial charge in [0.2, 0.25) is 0 Å². The van der Waals surface area contributed by atoms with Crippen LogP contribution in [0.5, 0.6) is 0 Å². The van der Waals surface area contributed by atoms with Crippen molar-refractivity contribution in [3.8, 4) is 0 Å². The molecule has 4 nitrogen and oxygen atoms in total. The fourth-order valence-corrected chi connectivity index (χ4v) is 3.57. The highest BCUT2D eigenvalue weighted by molar-refractivity contribution is 9.10. The number of pyridine rings is 1. The molecule has 3 aromatic rings. The number of carbonyl (C=O) groups excluding carboxylic acids is 1. The van der Waals surface area contributed by atoms with Crippen LogP contribution in [0.25, 0.3) is 0 Å². The zero-order valence-corrected chi connectivity index (χ0v) is 17.0. The summed E-state index contributed by atoms with van der Waals surface area (Å²) in [5.74, 6) is -0.421. The molecule has 1 atom stereocenters. The Labute approximate surface area is 165 Å². The first kappa shape index (κ1) is 19.3. The van der Waals surface area contributed by atoms with Crippen LogP contribution in [-0.4, -0.2) is 14.9 Å². The van der Waals surface area contributed by atoms with E-state index in [-0.39, 0.29) is 17.2 Å². The number of ketones is 1. The Morgan fingerprint density at radius 2 is 1.89 bits per heavy atom. The molecule has 2 heterocycles. The molecule has 0 amide bonds. The minimum atomic E-state index is -0.641. The number of halogens is 2. The van der Waals surface area contributed by atoms with Crippen LogP contribution in [0.2, 0.25) is 0 Å². The summed E-state index contributed by atoms with van der Waals surface area (Å²) in [7, 11) is 0. The summed E-state index contributed by atoms with van der Waals surface area (Å²) in [6.45, 7) is 5.79. The molecule has 0 saturated heterocycles. The van der Waals surface area contributed by atoms with Crippen LogP contribution < -0.4 is 5.56 Å². The Morgan fingerprint density at radius 1 is 1.19 bits per heavy atom. The number of carbonyl (C=O) groups is 1. The number of rotatable bonds is 5. The van der Waals surface area contributed by atoms with Crippen LogP contribution >= 0.6 is 15.9 Å². The van der Waals surface area contributed by atoms with Crippen LogP contribution in [0.1, 0.15) is 40.3 Å². The zero-order valence-electron chi connectivity index (χ0n) is 15.4. The number of benzene rings is 1. The van der Waals surface area contributed by atoms with Gasteiger partial charge in [-0.05, 0) is 54.9 Å². The van der Waals surface area contributed by atoms with E-state index in [1.54, 1.807) is 43.5 Å². The molecule has 2 aromatic heterocycles. The van der Waals surface area contributed by atoms with E-state index in [0.29, 0.717) is 17.7 Å². The molecule has 0 aliphatic carbocycles. The van der Waals surface area contributed by atoms with Crippen molar-refractivity contribution >= 4 is 21.7 Å². The molecule has 0 N–H and O–H groups in total. The van der Waals surface area contributed by atoms with Crippen LogP contribution in [0.15, 0.2) is 57.9 Å². The Hall–Kier alpha value is -2.47. The molecule has 6 heteroatoms. The molecule has 1 unspecified atom stereocenters. The van der Waals surface area contributed by atoms with Crippen molar-refractivity contribution in [3.63, 3.8) is 0 Å². The molecule has 1 aromatic carbocycles. The number of nitrogens with zero attached hydrogens (tertiary/aromatic N) is 2. The summed E-state index contributed by atoms with van der Waals surface area (Å²) in [5.41, 5.74) is 2.50. The van der Waals surface area contributed by atoms with Gasteiger partial charge in [0.15, 0.2) is 5.78 Å². The third kappa shape index (κ3) is 3.81. The van der Waals surface area contributed by atoms with Crippen molar-refractivity contribution in [2.75, 3.05) is 0 Å². The van der Waals surface area contributed by atoms with Gasteiger partial charge in [0.25, 0.3) is 5.56 Å². The SMILES string of the molecule is Cc1cc(C(=O)C(C)n2cc(Br)ccc2=O)c(C)n1Cc1ccccc1F. The van der Waals surface area contributed by atoms with Crippen molar-refractivity contribution in [2.45, 2.75) is 33.4 Å². The lowest BCUT2D eigenvalue weighted by Gasteiger charge is -2.15. The lowest BCUT2D eigenvalue weighted by Crippen LogP contribution is -2.27. The third-order valence-corrected chi connectivity index (χ3v) is 5.29. The Balaban J connectivity index is 1.96.